The summed E-state index contributed by atoms with van der Waals surface area (Å²) in [7, 11) is 0. The number of carbonyl (C=O) groups excluding carboxylic acids is 2. The fourth-order valence-corrected chi connectivity index (χ4v) is 3.37. The number of benzene rings is 1. The molecular weight excluding hydrogens is 364 g/mol. The van der Waals surface area contributed by atoms with E-state index in [1.54, 1.807) is 18.2 Å². The molecule has 1 heterocycles. The van der Waals surface area contributed by atoms with Crippen molar-refractivity contribution in [3.63, 3.8) is 0 Å². The Morgan fingerprint density at radius 1 is 1.29 bits per heavy atom. The van der Waals surface area contributed by atoms with Crippen LogP contribution >= 0.6 is 0 Å². The molecule has 2 amide bonds. The van der Waals surface area contributed by atoms with Gasteiger partial charge in [0.25, 0.3) is 0 Å². The van der Waals surface area contributed by atoms with Crippen LogP contribution in [0.2, 0.25) is 0 Å². The predicted molar refractivity (Wildman–Crippen MR) is 102 cm³/mol. The summed E-state index contributed by atoms with van der Waals surface area (Å²) in [4.78, 5) is 35.9. The van der Waals surface area contributed by atoms with Gasteiger partial charge >= 0.3 is 5.97 Å². The molecule has 3 atom stereocenters. The molecule has 2 rings (SSSR count). The lowest BCUT2D eigenvalue weighted by atomic mass is 9.93. The molecule has 0 aliphatic carbocycles. The molecule has 1 fully saturated rings. The molecule has 154 valence electrons. The van der Waals surface area contributed by atoms with Gasteiger partial charge in [-0.05, 0) is 25.8 Å². The molecule has 0 saturated carbocycles. The second kappa shape index (κ2) is 10.7. The number of aliphatic carboxylic acids is 1. The largest absolute Gasteiger partial charge is 0.494 e. The summed E-state index contributed by atoms with van der Waals surface area (Å²) in [6, 6.07) is 5.51. The standard InChI is InChI=1S/C20H28N2O6/c1-3-28-17-9-5-4-8-15(17)16(21-13(2)23)11-18(24)22-19(20(25)26)14-7-6-10-27-12-14/h4-5,8-9,14,16,19H,3,6-7,10-12H2,1-2H3,(H,21,23)(H,22,24)(H,25,26). The van der Waals surface area contributed by atoms with E-state index in [1.165, 1.54) is 6.92 Å². The number of nitrogens with one attached hydrogen (secondary N) is 2. The molecule has 8 nitrogen and oxygen atoms in total. The van der Waals surface area contributed by atoms with Gasteiger partial charge in [-0.25, -0.2) is 4.79 Å². The topological polar surface area (TPSA) is 114 Å². The SMILES string of the molecule is CCOc1ccccc1C(CC(=O)NC(C(=O)O)C1CCCOC1)NC(C)=O. The Kier molecular flexibility index (Phi) is 8.25. The van der Waals surface area contributed by atoms with E-state index in [2.05, 4.69) is 10.6 Å². The predicted octanol–water partition coefficient (Wildman–Crippen LogP) is 1.65. The van der Waals surface area contributed by atoms with E-state index >= 15 is 0 Å². The summed E-state index contributed by atoms with van der Waals surface area (Å²) in [5.41, 5.74) is 0.669. The van der Waals surface area contributed by atoms with Crippen LogP contribution in [0.4, 0.5) is 0 Å². The summed E-state index contributed by atoms with van der Waals surface area (Å²) in [5.74, 6) is -1.53. The molecule has 1 saturated heterocycles. The number of ether oxygens (including phenoxy) is 2. The fraction of sp³-hybridized carbons (Fsp3) is 0.550. The summed E-state index contributed by atoms with van der Waals surface area (Å²) >= 11 is 0. The van der Waals surface area contributed by atoms with Crippen molar-refractivity contribution in [1.82, 2.24) is 10.6 Å². The number of amides is 2. The van der Waals surface area contributed by atoms with Gasteiger partial charge in [-0.15, -0.1) is 0 Å². The fourth-order valence-electron chi connectivity index (χ4n) is 3.37. The zero-order valence-corrected chi connectivity index (χ0v) is 16.3. The van der Waals surface area contributed by atoms with Gasteiger partial charge in [0.15, 0.2) is 0 Å². The molecular formula is C20H28N2O6. The lowest BCUT2D eigenvalue weighted by molar-refractivity contribution is -0.145. The Bertz CT molecular complexity index is 687. The summed E-state index contributed by atoms with van der Waals surface area (Å²) in [5, 5.41) is 14.9. The quantitative estimate of drug-likeness (QED) is 0.589. The first-order chi connectivity index (χ1) is 13.4. The average molecular weight is 392 g/mol. The van der Waals surface area contributed by atoms with Crippen LogP contribution in [0, 0.1) is 5.92 Å². The van der Waals surface area contributed by atoms with Crippen molar-refractivity contribution in [1.29, 1.82) is 0 Å². The van der Waals surface area contributed by atoms with Gasteiger partial charge in [0.05, 0.1) is 25.7 Å². The number of carbonyl (C=O) groups is 3. The van der Waals surface area contributed by atoms with Crippen molar-refractivity contribution in [2.24, 2.45) is 5.92 Å². The van der Waals surface area contributed by atoms with E-state index < -0.39 is 24.0 Å². The lowest BCUT2D eigenvalue weighted by Crippen LogP contribution is -2.49. The average Bonchev–Trinajstić information content (AvgIpc) is 2.66. The van der Waals surface area contributed by atoms with Crippen LogP contribution in [0.1, 0.15) is 44.7 Å². The second-order valence-electron chi connectivity index (χ2n) is 6.79. The molecule has 0 spiro atoms. The van der Waals surface area contributed by atoms with E-state index in [1.807, 2.05) is 13.0 Å². The molecule has 1 aliphatic rings. The summed E-state index contributed by atoms with van der Waals surface area (Å²) in [6.45, 7) is 4.57. The molecule has 28 heavy (non-hydrogen) atoms. The minimum absolute atomic E-state index is 0.0962. The molecule has 0 radical (unpaired) electrons. The minimum Gasteiger partial charge on any atom is -0.494 e. The third-order valence-electron chi connectivity index (χ3n) is 4.61. The molecule has 0 bridgehead atoms. The molecule has 0 aromatic heterocycles. The zero-order chi connectivity index (χ0) is 20.5. The second-order valence-corrected chi connectivity index (χ2v) is 6.79. The van der Waals surface area contributed by atoms with Crippen molar-refractivity contribution in [2.75, 3.05) is 19.8 Å². The smallest absolute Gasteiger partial charge is 0.326 e. The highest BCUT2D eigenvalue weighted by molar-refractivity contribution is 5.85. The first-order valence-electron chi connectivity index (χ1n) is 9.51. The van der Waals surface area contributed by atoms with Gasteiger partial charge in [-0.1, -0.05) is 18.2 Å². The number of rotatable bonds is 9. The highest BCUT2D eigenvalue weighted by atomic mass is 16.5. The van der Waals surface area contributed by atoms with Crippen LogP contribution in [0.15, 0.2) is 24.3 Å². The maximum atomic E-state index is 12.6. The van der Waals surface area contributed by atoms with Gasteiger partial charge < -0.3 is 25.2 Å². The van der Waals surface area contributed by atoms with Crippen molar-refractivity contribution >= 4 is 17.8 Å². The van der Waals surface area contributed by atoms with E-state index in [4.69, 9.17) is 9.47 Å². The highest BCUT2D eigenvalue weighted by Crippen LogP contribution is 2.28. The first-order valence-corrected chi connectivity index (χ1v) is 9.51. The number of hydrogen-bond acceptors (Lipinski definition) is 5. The molecule has 3 N–H and O–H groups in total. The number of hydrogen-bond donors (Lipinski definition) is 3. The highest BCUT2D eigenvalue weighted by Gasteiger charge is 2.32. The van der Waals surface area contributed by atoms with E-state index in [9.17, 15) is 19.5 Å². The first kappa shape index (κ1) is 21.7. The van der Waals surface area contributed by atoms with Gasteiger partial charge in [0, 0.05) is 25.0 Å². The summed E-state index contributed by atoms with van der Waals surface area (Å²) in [6.07, 6.45) is 1.35. The maximum Gasteiger partial charge on any atom is 0.326 e. The molecule has 1 aliphatic heterocycles. The molecule has 3 unspecified atom stereocenters. The summed E-state index contributed by atoms with van der Waals surface area (Å²) < 4.78 is 11.0. The van der Waals surface area contributed by atoms with Crippen molar-refractivity contribution in [3.8, 4) is 5.75 Å². The van der Waals surface area contributed by atoms with Crippen molar-refractivity contribution in [3.05, 3.63) is 29.8 Å². The van der Waals surface area contributed by atoms with E-state index in [0.29, 0.717) is 37.6 Å². The Morgan fingerprint density at radius 2 is 2.04 bits per heavy atom. The van der Waals surface area contributed by atoms with E-state index in [-0.39, 0.29) is 18.2 Å². The van der Waals surface area contributed by atoms with Gasteiger partial charge in [0.1, 0.15) is 11.8 Å². The molecule has 8 heteroatoms. The normalized spacial score (nSPS) is 18.6. The lowest BCUT2D eigenvalue weighted by Gasteiger charge is -2.29. The number of carboxylic acid groups (broad SMARTS) is 1. The van der Waals surface area contributed by atoms with Gasteiger partial charge in [0.2, 0.25) is 11.8 Å². The van der Waals surface area contributed by atoms with Gasteiger partial charge in [-0.2, -0.15) is 0 Å². The van der Waals surface area contributed by atoms with Crippen LogP contribution < -0.4 is 15.4 Å². The Hall–Kier alpha value is -2.61. The van der Waals surface area contributed by atoms with Crippen LogP contribution in [0.25, 0.3) is 0 Å². The molecule has 1 aromatic carbocycles. The Morgan fingerprint density at radius 3 is 2.64 bits per heavy atom. The zero-order valence-electron chi connectivity index (χ0n) is 16.3. The number of para-hydroxylation sites is 1. The third kappa shape index (κ3) is 6.23. The van der Waals surface area contributed by atoms with Crippen LogP contribution in [0.3, 0.4) is 0 Å². The Labute approximate surface area is 164 Å². The maximum absolute atomic E-state index is 12.6. The van der Waals surface area contributed by atoms with Crippen molar-refractivity contribution < 1.29 is 29.0 Å². The minimum atomic E-state index is -1.09. The van der Waals surface area contributed by atoms with Crippen molar-refractivity contribution in [2.45, 2.75) is 45.2 Å². The molecule has 1 aromatic rings. The van der Waals surface area contributed by atoms with Crippen LogP contribution in [-0.4, -0.2) is 48.8 Å². The van der Waals surface area contributed by atoms with E-state index in [0.717, 1.165) is 6.42 Å². The Balaban J connectivity index is 2.13. The van der Waals surface area contributed by atoms with Gasteiger partial charge in [-0.3, -0.25) is 9.59 Å². The monoisotopic (exact) mass is 392 g/mol. The van der Waals surface area contributed by atoms with Crippen LogP contribution in [-0.2, 0) is 19.1 Å². The third-order valence-corrected chi connectivity index (χ3v) is 4.61. The number of carboxylic acids is 1. The van der Waals surface area contributed by atoms with Crippen LogP contribution in [0.5, 0.6) is 5.75 Å².